The molecule has 3 rings (SSSR count). The average Bonchev–Trinajstić information content (AvgIpc) is 3.29. The Bertz CT molecular complexity index is 869. The van der Waals surface area contributed by atoms with Gasteiger partial charge in [0.2, 0.25) is 0 Å². The summed E-state index contributed by atoms with van der Waals surface area (Å²) in [4.78, 5) is 12.2. The van der Waals surface area contributed by atoms with Gasteiger partial charge in [0.05, 0.1) is 25.4 Å². The molecule has 3 aromatic rings. The van der Waals surface area contributed by atoms with Crippen LogP contribution in [0.2, 0.25) is 0 Å². The van der Waals surface area contributed by atoms with Crippen LogP contribution < -0.4 is 14.8 Å². The highest BCUT2D eigenvalue weighted by molar-refractivity contribution is 5.93. The second-order valence-corrected chi connectivity index (χ2v) is 5.79. The summed E-state index contributed by atoms with van der Waals surface area (Å²) < 4.78 is 17.7. The summed E-state index contributed by atoms with van der Waals surface area (Å²) in [6.07, 6.45) is 3.22. The molecule has 136 valence electrons. The third-order valence-electron chi connectivity index (χ3n) is 3.68. The minimum Gasteiger partial charge on any atom is -0.497 e. The third-order valence-corrected chi connectivity index (χ3v) is 3.68. The Morgan fingerprint density at radius 1 is 1.31 bits per heavy atom. The van der Waals surface area contributed by atoms with Crippen molar-refractivity contribution in [2.45, 2.75) is 13.0 Å². The van der Waals surface area contributed by atoms with E-state index in [0.717, 1.165) is 11.3 Å². The Hall–Kier alpha value is -3.29. The number of hydrogen-bond donors (Lipinski definition) is 1. The molecule has 0 spiro atoms. The highest BCUT2D eigenvalue weighted by Gasteiger charge is 2.15. The van der Waals surface area contributed by atoms with Crippen molar-refractivity contribution >= 4 is 5.91 Å². The zero-order chi connectivity index (χ0) is 18.5. The van der Waals surface area contributed by atoms with Crippen molar-refractivity contribution in [1.29, 1.82) is 0 Å². The molecule has 1 atom stereocenters. The van der Waals surface area contributed by atoms with E-state index < -0.39 is 0 Å². The van der Waals surface area contributed by atoms with Crippen LogP contribution in [0.15, 0.2) is 47.2 Å². The molecule has 0 aliphatic carbocycles. The molecule has 0 saturated carbocycles. The molecule has 0 bridgehead atoms. The van der Waals surface area contributed by atoms with Crippen LogP contribution in [0.4, 0.5) is 0 Å². The minimum absolute atomic E-state index is 0.209. The number of aromatic nitrogens is 3. The van der Waals surface area contributed by atoms with Crippen molar-refractivity contribution in [2.75, 3.05) is 13.7 Å². The summed E-state index contributed by atoms with van der Waals surface area (Å²) in [6, 6.07) is 8.84. The molecule has 26 heavy (non-hydrogen) atoms. The van der Waals surface area contributed by atoms with Crippen molar-refractivity contribution in [3.8, 4) is 22.8 Å². The minimum atomic E-state index is -0.325. The highest BCUT2D eigenvalue weighted by atomic mass is 16.5. The molecule has 0 aliphatic rings. The molecule has 0 aliphatic heterocycles. The molecule has 0 unspecified atom stereocenters. The van der Waals surface area contributed by atoms with Gasteiger partial charge in [0, 0.05) is 19.3 Å². The first kappa shape index (κ1) is 17.5. The maximum absolute atomic E-state index is 12.2. The SMILES string of the molecule is COc1ccc(O[C@H](C)CNC(=O)c2cc(-c3cnn(C)c3)on2)cc1. The Morgan fingerprint density at radius 3 is 2.69 bits per heavy atom. The monoisotopic (exact) mass is 356 g/mol. The van der Waals surface area contributed by atoms with E-state index in [9.17, 15) is 4.79 Å². The Morgan fingerprint density at radius 2 is 2.04 bits per heavy atom. The average molecular weight is 356 g/mol. The number of ether oxygens (including phenoxy) is 2. The topological polar surface area (TPSA) is 91.4 Å². The number of carbonyl (C=O) groups excluding carboxylic acids is 1. The standard InChI is InChI=1S/C18H20N4O4/c1-12(25-15-6-4-14(24-3)5-7-15)9-19-18(23)16-8-17(26-21-16)13-10-20-22(2)11-13/h4-8,10-12H,9H2,1-3H3,(H,19,23)/t12-/m1/s1. The zero-order valence-electron chi connectivity index (χ0n) is 14.8. The van der Waals surface area contributed by atoms with Crippen molar-refractivity contribution in [3.63, 3.8) is 0 Å². The molecule has 1 amide bonds. The first-order valence-corrected chi connectivity index (χ1v) is 8.10. The maximum Gasteiger partial charge on any atom is 0.273 e. The van der Waals surface area contributed by atoms with Crippen molar-refractivity contribution in [2.24, 2.45) is 7.05 Å². The van der Waals surface area contributed by atoms with Crippen LogP contribution in [0.3, 0.4) is 0 Å². The molecule has 1 aromatic carbocycles. The van der Waals surface area contributed by atoms with Crippen LogP contribution in [0, 0.1) is 0 Å². The molecule has 1 N–H and O–H groups in total. The number of nitrogens with one attached hydrogen (secondary N) is 1. The predicted octanol–water partition coefficient (Wildman–Crippen LogP) is 2.28. The molecular formula is C18H20N4O4. The van der Waals surface area contributed by atoms with Crippen molar-refractivity contribution in [1.82, 2.24) is 20.3 Å². The number of amides is 1. The van der Waals surface area contributed by atoms with Gasteiger partial charge in [-0.05, 0) is 31.2 Å². The quantitative estimate of drug-likeness (QED) is 0.698. The van der Waals surface area contributed by atoms with Gasteiger partial charge < -0.3 is 19.3 Å². The molecule has 8 heteroatoms. The summed E-state index contributed by atoms with van der Waals surface area (Å²) in [5.41, 5.74) is 0.968. The lowest BCUT2D eigenvalue weighted by atomic mass is 10.2. The van der Waals surface area contributed by atoms with Crippen LogP contribution >= 0.6 is 0 Å². The lowest BCUT2D eigenvalue weighted by Crippen LogP contribution is -2.33. The molecule has 8 nitrogen and oxygen atoms in total. The van der Waals surface area contributed by atoms with Gasteiger partial charge in [-0.1, -0.05) is 5.16 Å². The van der Waals surface area contributed by atoms with Gasteiger partial charge in [-0.25, -0.2) is 0 Å². The third kappa shape index (κ3) is 4.21. The smallest absolute Gasteiger partial charge is 0.273 e. The van der Waals surface area contributed by atoms with E-state index in [4.69, 9.17) is 14.0 Å². The summed E-state index contributed by atoms with van der Waals surface area (Å²) >= 11 is 0. The molecule has 2 heterocycles. The van der Waals surface area contributed by atoms with Gasteiger partial charge in [0.15, 0.2) is 11.5 Å². The Kier molecular flexibility index (Phi) is 5.21. The predicted molar refractivity (Wildman–Crippen MR) is 94.1 cm³/mol. The Balaban J connectivity index is 1.52. The first-order valence-electron chi connectivity index (χ1n) is 8.10. The van der Waals surface area contributed by atoms with Crippen molar-refractivity contribution in [3.05, 3.63) is 48.4 Å². The molecule has 0 fully saturated rings. The number of carbonyl (C=O) groups is 1. The summed E-state index contributed by atoms with van der Waals surface area (Å²) in [6.45, 7) is 2.20. The number of methoxy groups -OCH3 is 1. The highest BCUT2D eigenvalue weighted by Crippen LogP contribution is 2.20. The summed E-state index contributed by atoms with van der Waals surface area (Å²) in [5, 5.41) is 10.6. The lowest BCUT2D eigenvalue weighted by molar-refractivity contribution is 0.0923. The van der Waals surface area contributed by atoms with Crippen LogP contribution in [-0.2, 0) is 7.05 Å². The van der Waals surface area contributed by atoms with E-state index in [2.05, 4.69) is 15.6 Å². The molecule has 2 aromatic heterocycles. The lowest BCUT2D eigenvalue weighted by Gasteiger charge is -2.15. The fourth-order valence-electron chi connectivity index (χ4n) is 2.32. The second kappa shape index (κ2) is 7.73. The van der Waals surface area contributed by atoms with Crippen LogP contribution in [0.5, 0.6) is 11.5 Å². The largest absolute Gasteiger partial charge is 0.497 e. The number of benzene rings is 1. The van der Waals surface area contributed by atoms with Gasteiger partial charge in [0.1, 0.15) is 17.6 Å². The number of nitrogens with zero attached hydrogens (tertiary/aromatic N) is 3. The Labute approximate surface area is 150 Å². The fourth-order valence-corrected chi connectivity index (χ4v) is 2.32. The van der Waals surface area contributed by atoms with E-state index in [1.54, 1.807) is 37.3 Å². The van der Waals surface area contributed by atoms with Crippen LogP contribution in [-0.4, -0.2) is 40.6 Å². The van der Waals surface area contributed by atoms with Gasteiger partial charge in [-0.3, -0.25) is 9.48 Å². The van der Waals surface area contributed by atoms with E-state index in [0.29, 0.717) is 18.1 Å². The number of rotatable bonds is 7. The molecule has 0 radical (unpaired) electrons. The van der Waals surface area contributed by atoms with Gasteiger partial charge >= 0.3 is 0 Å². The van der Waals surface area contributed by atoms with Crippen molar-refractivity contribution < 1.29 is 18.8 Å². The molecule has 0 saturated heterocycles. The second-order valence-electron chi connectivity index (χ2n) is 5.79. The van der Waals surface area contributed by atoms with E-state index >= 15 is 0 Å². The van der Waals surface area contributed by atoms with E-state index in [1.807, 2.05) is 31.2 Å². The van der Waals surface area contributed by atoms with Crippen LogP contribution in [0.1, 0.15) is 17.4 Å². The van der Waals surface area contributed by atoms with Gasteiger partial charge in [0.25, 0.3) is 5.91 Å². The maximum atomic E-state index is 12.2. The van der Waals surface area contributed by atoms with Crippen LogP contribution in [0.25, 0.3) is 11.3 Å². The molecular weight excluding hydrogens is 336 g/mol. The van der Waals surface area contributed by atoms with E-state index in [-0.39, 0.29) is 17.7 Å². The van der Waals surface area contributed by atoms with Gasteiger partial charge in [-0.2, -0.15) is 5.10 Å². The summed E-state index contributed by atoms with van der Waals surface area (Å²) in [7, 11) is 3.41. The normalized spacial score (nSPS) is 11.8. The van der Waals surface area contributed by atoms with Gasteiger partial charge in [-0.15, -0.1) is 0 Å². The fraction of sp³-hybridized carbons (Fsp3) is 0.278. The number of hydrogen-bond acceptors (Lipinski definition) is 6. The first-order chi connectivity index (χ1) is 12.5. The summed E-state index contributed by atoms with van der Waals surface area (Å²) in [5.74, 6) is 1.63. The zero-order valence-corrected chi connectivity index (χ0v) is 14.8. The van der Waals surface area contributed by atoms with E-state index in [1.165, 1.54) is 0 Å². The number of aryl methyl sites for hydroxylation is 1.